The number of aliphatic hydroxyl groups excluding tert-OH is 1. The van der Waals surface area contributed by atoms with Gasteiger partial charge in [0.05, 0.1) is 20.3 Å². The Morgan fingerprint density at radius 3 is 2.39 bits per heavy atom. The van der Waals surface area contributed by atoms with E-state index in [1.165, 1.54) is 0 Å². The zero-order valence-electron chi connectivity index (χ0n) is 13.4. The van der Waals surface area contributed by atoms with Crippen molar-refractivity contribution in [3.63, 3.8) is 0 Å². The van der Waals surface area contributed by atoms with Crippen molar-refractivity contribution in [1.29, 1.82) is 0 Å². The predicted molar refractivity (Wildman–Crippen MR) is 92.5 cm³/mol. The van der Waals surface area contributed by atoms with Crippen LogP contribution in [0.4, 0.5) is 0 Å². The third kappa shape index (κ3) is 4.86. The maximum absolute atomic E-state index is 10.1. The van der Waals surface area contributed by atoms with Crippen LogP contribution in [0.3, 0.4) is 0 Å². The Labute approximate surface area is 142 Å². The van der Waals surface area contributed by atoms with Gasteiger partial charge in [0.1, 0.15) is 0 Å². The van der Waals surface area contributed by atoms with E-state index in [0.29, 0.717) is 29.6 Å². The van der Waals surface area contributed by atoms with Crippen molar-refractivity contribution in [2.45, 2.75) is 12.5 Å². The molecule has 0 spiro atoms. The highest BCUT2D eigenvalue weighted by Crippen LogP contribution is 2.33. The number of hydrogen-bond donors (Lipinski definition) is 2. The van der Waals surface area contributed by atoms with Crippen LogP contribution in [0.5, 0.6) is 11.5 Å². The topological polar surface area (TPSA) is 50.7 Å². The first-order valence-electron chi connectivity index (χ1n) is 7.49. The first kappa shape index (κ1) is 17.6. The van der Waals surface area contributed by atoms with Gasteiger partial charge in [-0.25, -0.2) is 0 Å². The third-order valence-corrected chi connectivity index (χ3v) is 4.00. The molecule has 0 amide bonds. The van der Waals surface area contributed by atoms with Gasteiger partial charge in [0, 0.05) is 17.6 Å². The van der Waals surface area contributed by atoms with E-state index in [1.807, 2.05) is 36.4 Å². The van der Waals surface area contributed by atoms with Crippen LogP contribution in [-0.2, 0) is 6.42 Å². The SMILES string of the molecule is COc1cc(Cl)c(CCNCC(O)c2ccccc2)cc1OC. The summed E-state index contributed by atoms with van der Waals surface area (Å²) in [5.74, 6) is 1.28. The molecule has 4 nitrogen and oxygen atoms in total. The van der Waals surface area contributed by atoms with Crippen LogP contribution in [0.2, 0.25) is 5.02 Å². The molecule has 0 aliphatic heterocycles. The maximum Gasteiger partial charge on any atom is 0.162 e. The van der Waals surface area contributed by atoms with E-state index < -0.39 is 6.10 Å². The van der Waals surface area contributed by atoms with Gasteiger partial charge >= 0.3 is 0 Å². The molecule has 0 aliphatic rings. The molecule has 5 heteroatoms. The molecular weight excluding hydrogens is 314 g/mol. The van der Waals surface area contributed by atoms with Crippen molar-refractivity contribution < 1.29 is 14.6 Å². The summed E-state index contributed by atoms with van der Waals surface area (Å²) in [6, 6.07) is 13.2. The van der Waals surface area contributed by atoms with E-state index >= 15 is 0 Å². The van der Waals surface area contributed by atoms with Gasteiger partial charge in [-0.1, -0.05) is 41.9 Å². The second kappa shape index (κ2) is 8.77. The Bertz CT molecular complexity index is 619. The number of nitrogens with one attached hydrogen (secondary N) is 1. The Morgan fingerprint density at radius 1 is 1.09 bits per heavy atom. The van der Waals surface area contributed by atoms with Crippen LogP contribution in [0.15, 0.2) is 42.5 Å². The lowest BCUT2D eigenvalue weighted by Gasteiger charge is -2.14. The number of hydrogen-bond acceptors (Lipinski definition) is 4. The lowest BCUT2D eigenvalue weighted by Crippen LogP contribution is -2.23. The average Bonchev–Trinajstić information content (AvgIpc) is 2.59. The molecule has 0 saturated heterocycles. The van der Waals surface area contributed by atoms with Gasteiger partial charge in [-0.15, -0.1) is 0 Å². The summed E-state index contributed by atoms with van der Waals surface area (Å²) < 4.78 is 10.5. The molecule has 2 aromatic carbocycles. The first-order valence-corrected chi connectivity index (χ1v) is 7.87. The lowest BCUT2D eigenvalue weighted by atomic mass is 10.1. The molecule has 0 heterocycles. The van der Waals surface area contributed by atoms with Crippen LogP contribution in [-0.4, -0.2) is 32.4 Å². The number of benzene rings is 2. The number of aliphatic hydroxyl groups is 1. The number of halogens is 1. The van der Waals surface area contributed by atoms with E-state index in [1.54, 1.807) is 20.3 Å². The molecule has 2 N–H and O–H groups in total. The summed E-state index contributed by atoms with van der Waals surface area (Å²) in [5.41, 5.74) is 1.88. The molecule has 124 valence electrons. The molecular formula is C18H22ClNO3. The second-order valence-electron chi connectivity index (χ2n) is 5.18. The molecule has 1 atom stereocenters. The van der Waals surface area contributed by atoms with Gasteiger partial charge in [0.15, 0.2) is 11.5 Å². The van der Waals surface area contributed by atoms with Crippen LogP contribution in [0.1, 0.15) is 17.2 Å². The summed E-state index contributed by atoms with van der Waals surface area (Å²) >= 11 is 6.26. The Balaban J connectivity index is 1.87. The molecule has 2 rings (SSSR count). The van der Waals surface area contributed by atoms with Gasteiger partial charge in [-0.2, -0.15) is 0 Å². The summed E-state index contributed by atoms with van der Waals surface area (Å²) in [4.78, 5) is 0. The monoisotopic (exact) mass is 335 g/mol. The van der Waals surface area contributed by atoms with E-state index in [9.17, 15) is 5.11 Å². The smallest absolute Gasteiger partial charge is 0.162 e. The normalized spacial score (nSPS) is 12.0. The number of ether oxygens (including phenoxy) is 2. The highest BCUT2D eigenvalue weighted by Gasteiger charge is 2.10. The minimum atomic E-state index is -0.517. The van der Waals surface area contributed by atoms with Crippen molar-refractivity contribution in [2.24, 2.45) is 0 Å². The van der Waals surface area contributed by atoms with Gasteiger partial charge in [-0.05, 0) is 30.2 Å². The summed E-state index contributed by atoms with van der Waals surface area (Å²) in [5, 5.41) is 14.0. The molecule has 0 fully saturated rings. The maximum atomic E-state index is 10.1. The Kier molecular flexibility index (Phi) is 6.71. The van der Waals surface area contributed by atoms with Crippen molar-refractivity contribution in [2.75, 3.05) is 27.3 Å². The summed E-state index contributed by atoms with van der Waals surface area (Å²) in [6.45, 7) is 1.20. The van der Waals surface area contributed by atoms with Gasteiger partial charge < -0.3 is 19.9 Å². The fourth-order valence-corrected chi connectivity index (χ4v) is 2.59. The Hall–Kier alpha value is -1.75. The van der Waals surface area contributed by atoms with Crippen LogP contribution in [0, 0.1) is 0 Å². The molecule has 0 radical (unpaired) electrons. The number of rotatable bonds is 8. The van der Waals surface area contributed by atoms with E-state index in [-0.39, 0.29) is 0 Å². The zero-order valence-corrected chi connectivity index (χ0v) is 14.1. The van der Waals surface area contributed by atoms with Crippen molar-refractivity contribution in [3.8, 4) is 11.5 Å². The quantitative estimate of drug-likeness (QED) is 0.727. The molecule has 0 aromatic heterocycles. The largest absolute Gasteiger partial charge is 0.493 e. The minimum Gasteiger partial charge on any atom is -0.493 e. The first-order chi connectivity index (χ1) is 11.2. The van der Waals surface area contributed by atoms with Crippen molar-refractivity contribution in [3.05, 3.63) is 58.6 Å². The highest BCUT2D eigenvalue weighted by atomic mass is 35.5. The minimum absolute atomic E-state index is 0.495. The van der Waals surface area contributed by atoms with E-state index in [4.69, 9.17) is 21.1 Å². The highest BCUT2D eigenvalue weighted by molar-refractivity contribution is 6.31. The van der Waals surface area contributed by atoms with Crippen LogP contribution >= 0.6 is 11.6 Å². The number of methoxy groups -OCH3 is 2. The zero-order chi connectivity index (χ0) is 16.7. The third-order valence-electron chi connectivity index (χ3n) is 3.65. The fourth-order valence-electron chi connectivity index (χ4n) is 2.34. The van der Waals surface area contributed by atoms with E-state index in [0.717, 1.165) is 17.5 Å². The van der Waals surface area contributed by atoms with Crippen LogP contribution < -0.4 is 14.8 Å². The standard InChI is InChI=1S/C18H22ClNO3/c1-22-17-10-14(15(19)11-18(17)23-2)8-9-20-12-16(21)13-6-4-3-5-7-13/h3-7,10-11,16,20-21H,8-9,12H2,1-2H3. The molecule has 0 aliphatic carbocycles. The van der Waals surface area contributed by atoms with E-state index in [2.05, 4.69) is 5.32 Å². The summed E-state index contributed by atoms with van der Waals surface area (Å²) in [6.07, 6.45) is 0.220. The van der Waals surface area contributed by atoms with Crippen molar-refractivity contribution >= 4 is 11.6 Å². The predicted octanol–water partition coefficient (Wildman–Crippen LogP) is 3.22. The molecule has 0 saturated carbocycles. The molecule has 2 aromatic rings. The molecule has 23 heavy (non-hydrogen) atoms. The van der Waals surface area contributed by atoms with Crippen LogP contribution in [0.25, 0.3) is 0 Å². The molecule has 1 unspecified atom stereocenters. The molecule has 0 bridgehead atoms. The van der Waals surface area contributed by atoms with Gasteiger partial charge in [0.25, 0.3) is 0 Å². The van der Waals surface area contributed by atoms with Gasteiger partial charge in [-0.3, -0.25) is 0 Å². The lowest BCUT2D eigenvalue weighted by molar-refractivity contribution is 0.175. The summed E-state index contributed by atoms with van der Waals surface area (Å²) in [7, 11) is 3.18. The second-order valence-corrected chi connectivity index (χ2v) is 5.59. The Morgan fingerprint density at radius 2 is 1.74 bits per heavy atom. The van der Waals surface area contributed by atoms with Gasteiger partial charge in [0.2, 0.25) is 0 Å². The fraction of sp³-hybridized carbons (Fsp3) is 0.333. The van der Waals surface area contributed by atoms with Crippen molar-refractivity contribution in [1.82, 2.24) is 5.32 Å². The average molecular weight is 336 g/mol.